The lowest BCUT2D eigenvalue weighted by molar-refractivity contribution is -0.142. The van der Waals surface area contributed by atoms with E-state index in [-0.39, 0.29) is 18.0 Å². The molecule has 0 fully saturated rings. The molecule has 35 heavy (non-hydrogen) atoms. The van der Waals surface area contributed by atoms with Crippen LogP contribution >= 0.6 is 11.6 Å². The quantitative estimate of drug-likeness (QED) is 0.353. The van der Waals surface area contributed by atoms with Gasteiger partial charge in [-0.1, -0.05) is 56.6 Å². The average molecular weight is 500 g/mol. The number of carboxylic acids is 2. The smallest absolute Gasteiger partial charge is 0.321 e. The van der Waals surface area contributed by atoms with Gasteiger partial charge in [0.05, 0.1) is 12.1 Å². The molecule has 0 bridgehead atoms. The number of hydrogen-bond donors (Lipinski definition) is 5. The molecule has 186 valence electrons. The number of hydrogen-bond acceptors (Lipinski definition) is 4. The normalized spacial score (nSPS) is 17.7. The van der Waals surface area contributed by atoms with E-state index in [0.29, 0.717) is 17.1 Å². The molecular formula is C26H30ClN3O5. The summed E-state index contributed by atoms with van der Waals surface area (Å²) in [5.74, 6) is -1.98. The van der Waals surface area contributed by atoms with Crippen LogP contribution in [-0.4, -0.2) is 45.1 Å². The van der Waals surface area contributed by atoms with Crippen molar-refractivity contribution in [3.63, 3.8) is 0 Å². The van der Waals surface area contributed by atoms with E-state index in [4.69, 9.17) is 21.5 Å². The number of benzene rings is 2. The lowest BCUT2D eigenvalue weighted by Gasteiger charge is -2.33. The van der Waals surface area contributed by atoms with Gasteiger partial charge in [0.1, 0.15) is 11.7 Å². The van der Waals surface area contributed by atoms with E-state index in [9.17, 15) is 14.7 Å². The highest BCUT2D eigenvalue weighted by Gasteiger charge is 2.40. The van der Waals surface area contributed by atoms with E-state index in [1.165, 1.54) is 0 Å². The summed E-state index contributed by atoms with van der Waals surface area (Å²) in [7, 11) is 0. The average Bonchev–Trinajstić information content (AvgIpc) is 3.31. The second kappa shape index (κ2) is 10.5. The Morgan fingerprint density at radius 2 is 1.74 bits per heavy atom. The molecule has 1 aliphatic carbocycles. The minimum atomic E-state index is -0.908. The molecule has 0 aliphatic heterocycles. The molecule has 3 atom stereocenters. The first-order chi connectivity index (χ1) is 16.4. The number of rotatable bonds is 5. The molecule has 1 unspecified atom stereocenters. The Balaban J connectivity index is 0.000000795. The molecule has 1 aromatic heterocycles. The van der Waals surface area contributed by atoms with Crippen molar-refractivity contribution in [2.24, 2.45) is 5.41 Å². The molecule has 9 heteroatoms. The minimum absolute atomic E-state index is 0.237. The van der Waals surface area contributed by atoms with Gasteiger partial charge in [0.15, 0.2) is 0 Å². The van der Waals surface area contributed by atoms with Crippen molar-refractivity contribution in [1.82, 2.24) is 15.6 Å². The maximum atomic E-state index is 13.0. The molecule has 4 rings (SSSR count). The third-order valence-electron chi connectivity index (χ3n) is 5.84. The van der Waals surface area contributed by atoms with Crippen LogP contribution in [0.1, 0.15) is 55.4 Å². The van der Waals surface area contributed by atoms with Crippen molar-refractivity contribution in [3.8, 4) is 0 Å². The number of halogens is 1. The molecule has 3 aromatic rings. The van der Waals surface area contributed by atoms with Gasteiger partial charge in [0.25, 0.3) is 11.9 Å². The van der Waals surface area contributed by atoms with E-state index in [1.807, 2.05) is 51.1 Å². The van der Waals surface area contributed by atoms with E-state index in [2.05, 4.69) is 15.6 Å². The van der Waals surface area contributed by atoms with Gasteiger partial charge < -0.3 is 20.5 Å². The molecule has 8 nitrogen and oxygen atoms in total. The zero-order valence-electron chi connectivity index (χ0n) is 20.1. The van der Waals surface area contributed by atoms with Gasteiger partial charge >= 0.3 is 5.97 Å². The number of carbonyl (C=O) groups excluding carboxylic acids is 1. The maximum Gasteiger partial charge on any atom is 0.321 e. The SMILES string of the molecule is CC(=O)O.CC(C)(C)C(N[C@@H]1c2ccccc2C[C@H]1NC(=O)c1cc2cc(Cl)ccc2[nH]1)C(=O)O. The highest BCUT2D eigenvalue weighted by molar-refractivity contribution is 6.31. The second-order valence-electron chi connectivity index (χ2n) is 9.70. The lowest BCUT2D eigenvalue weighted by Crippen LogP contribution is -2.52. The van der Waals surface area contributed by atoms with Crippen molar-refractivity contribution < 1.29 is 24.6 Å². The molecule has 0 radical (unpaired) electrons. The van der Waals surface area contributed by atoms with E-state index >= 15 is 0 Å². The van der Waals surface area contributed by atoms with Gasteiger partial charge in [-0.05, 0) is 47.2 Å². The number of fused-ring (bicyclic) bond motifs is 2. The monoisotopic (exact) mass is 499 g/mol. The Morgan fingerprint density at radius 1 is 1.09 bits per heavy atom. The highest BCUT2D eigenvalue weighted by atomic mass is 35.5. The van der Waals surface area contributed by atoms with E-state index in [1.54, 1.807) is 18.2 Å². The molecule has 0 saturated heterocycles. The number of carboxylic acid groups (broad SMARTS) is 2. The largest absolute Gasteiger partial charge is 0.481 e. The first-order valence-corrected chi connectivity index (χ1v) is 11.6. The summed E-state index contributed by atoms with van der Waals surface area (Å²) in [6, 6.07) is 13.8. The predicted molar refractivity (Wildman–Crippen MR) is 135 cm³/mol. The fourth-order valence-electron chi connectivity index (χ4n) is 4.28. The number of H-pyrrole nitrogens is 1. The van der Waals surface area contributed by atoms with E-state index < -0.39 is 23.4 Å². The summed E-state index contributed by atoms with van der Waals surface area (Å²) < 4.78 is 0. The Labute approximate surface area is 208 Å². The van der Waals surface area contributed by atoms with E-state index in [0.717, 1.165) is 29.0 Å². The molecule has 1 amide bonds. The fraction of sp³-hybridized carbons (Fsp3) is 0.346. The van der Waals surface area contributed by atoms with Crippen molar-refractivity contribution >= 4 is 40.3 Å². The van der Waals surface area contributed by atoms with Crippen LogP contribution in [0, 0.1) is 5.41 Å². The van der Waals surface area contributed by atoms with Crippen molar-refractivity contribution in [2.45, 2.75) is 52.2 Å². The fourth-order valence-corrected chi connectivity index (χ4v) is 4.46. The highest BCUT2D eigenvalue weighted by Crippen LogP contribution is 2.34. The molecule has 5 N–H and O–H groups in total. The number of aromatic amines is 1. The standard InChI is InChI=1S/C24H26ClN3O3.C2H4O2/c1-24(2,3)21(23(30)31)28-20-16-7-5-4-6-13(16)11-18(20)27-22(29)19-12-14-10-15(25)8-9-17(14)26-19;1-2(3)4/h4-10,12,18,20-21,26,28H,11H2,1-3H3,(H,27,29)(H,30,31);1H3,(H,3,4)/t18-,20-,21?;/m1./s1. The van der Waals surface area contributed by atoms with Crippen LogP contribution in [0.5, 0.6) is 0 Å². The number of amides is 1. The second-order valence-corrected chi connectivity index (χ2v) is 10.1. The maximum absolute atomic E-state index is 13.0. The summed E-state index contributed by atoms with van der Waals surface area (Å²) in [6.07, 6.45) is 0.627. The first kappa shape index (κ1) is 26.2. The van der Waals surface area contributed by atoms with Crippen LogP contribution in [0.25, 0.3) is 10.9 Å². The van der Waals surface area contributed by atoms with Crippen LogP contribution in [-0.2, 0) is 16.0 Å². The Hall–Kier alpha value is -3.36. The predicted octanol–water partition coefficient (Wildman–Crippen LogP) is 4.40. The third kappa shape index (κ3) is 6.41. The number of nitrogens with one attached hydrogen (secondary N) is 3. The van der Waals surface area contributed by atoms with Gasteiger partial charge in [-0.3, -0.25) is 19.7 Å². The zero-order chi connectivity index (χ0) is 25.9. The topological polar surface area (TPSA) is 132 Å². The van der Waals surface area contributed by atoms with Gasteiger partial charge in [-0.25, -0.2) is 0 Å². The van der Waals surface area contributed by atoms with Gasteiger partial charge in [0, 0.05) is 22.8 Å². The van der Waals surface area contributed by atoms with Crippen molar-refractivity contribution in [1.29, 1.82) is 0 Å². The minimum Gasteiger partial charge on any atom is -0.481 e. The Kier molecular flexibility index (Phi) is 7.87. The van der Waals surface area contributed by atoms with Crippen LogP contribution in [0.2, 0.25) is 5.02 Å². The first-order valence-electron chi connectivity index (χ1n) is 11.2. The third-order valence-corrected chi connectivity index (χ3v) is 6.07. The van der Waals surface area contributed by atoms with Crippen LogP contribution in [0.15, 0.2) is 48.5 Å². The Bertz CT molecular complexity index is 1240. The molecule has 0 saturated carbocycles. The Morgan fingerprint density at radius 3 is 2.37 bits per heavy atom. The summed E-state index contributed by atoms with van der Waals surface area (Å²) in [5.41, 5.74) is 2.91. The molecule has 0 spiro atoms. The van der Waals surface area contributed by atoms with Crippen LogP contribution < -0.4 is 10.6 Å². The summed E-state index contributed by atoms with van der Waals surface area (Å²) >= 11 is 6.06. The van der Waals surface area contributed by atoms with Gasteiger partial charge in [0.2, 0.25) is 0 Å². The number of aromatic nitrogens is 1. The molecule has 2 aromatic carbocycles. The summed E-state index contributed by atoms with van der Waals surface area (Å²) in [4.78, 5) is 37.1. The molecule has 1 aliphatic rings. The number of aliphatic carboxylic acids is 2. The molecule has 1 heterocycles. The van der Waals surface area contributed by atoms with Crippen molar-refractivity contribution in [3.05, 3.63) is 70.4 Å². The molecular weight excluding hydrogens is 470 g/mol. The lowest BCUT2D eigenvalue weighted by atomic mass is 9.85. The van der Waals surface area contributed by atoms with Crippen LogP contribution in [0.3, 0.4) is 0 Å². The van der Waals surface area contributed by atoms with Gasteiger partial charge in [-0.2, -0.15) is 0 Å². The zero-order valence-corrected chi connectivity index (χ0v) is 20.8. The van der Waals surface area contributed by atoms with Crippen LogP contribution in [0.4, 0.5) is 0 Å². The summed E-state index contributed by atoms with van der Waals surface area (Å²) in [5, 5.41) is 25.1. The van der Waals surface area contributed by atoms with Crippen molar-refractivity contribution in [2.75, 3.05) is 0 Å². The summed E-state index contributed by atoms with van der Waals surface area (Å²) in [6.45, 7) is 6.76. The number of carbonyl (C=O) groups is 3. The van der Waals surface area contributed by atoms with Gasteiger partial charge in [-0.15, -0.1) is 0 Å².